The fourth-order valence-electron chi connectivity index (χ4n) is 2.23. The maximum Gasteiger partial charge on any atom is 0.220 e. The molecule has 128 valence electrons. The average Bonchev–Trinajstić information content (AvgIpc) is 2.64. The van der Waals surface area contributed by atoms with Crippen molar-refractivity contribution in [2.45, 2.75) is 19.4 Å². The Bertz CT molecular complexity index is 640. The van der Waals surface area contributed by atoms with Gasteiger partial charge < -0.3 is 19.5 Å². The summed E-state index contributed by atoms with van der Waals surface area (Å²) in [7, 11) is 3.25. The maximum atomic E-state index is 11.9. The fraction of sp³-hybridized carbons (Fsp3) is 0.316. The second kappa shape index (κ2) is 9.45. The van der Waals surface area contributed by atoms with Gasteiger partial charge in [0.25, 0.3) is 0 Å². The van der Waals surface area contributed by atoms with Crippen molar-refractivity contribution >= 4 is 5.91 Å². The first-order valence-corrected chi connectivity index (χ1v) is 7.88. The minimum atomic E-state index is -0.000706. The van der Waals surface area contributed by atoms with Crippen molar-refractivity contribution in [1.82, 2.24) is 5.32 Å². The molecule has 1 amide bonds. The highest BCUT2D eigenvalue weighted by Gasteiger charge is 2.05. The minimum Gasteiger partial charge on any atom is -0.497 e. The topological polar surface area (TPSA) is 56.8 Å². The first kappa shape index (κ1) is 17.7. The van der Waals surface area contributed by atoms with E-state index in [-0.39, 0.29) is 5.91 Å². The van der Waals surface area contributed by atoms with Crippen LogP contribution in [0.25, 0.3) is 0 Å². The summed E-state index contributed by atoms with van der Waals surface area (Å²) < 4.78 is 15.9. The fourth-order valence-corrected chi connectivity index (χ4v) is 2.23. The molecule has 5 nitrogen and oxygen atoms in total. The second-order valence-corrected chi connectivity index (χ2v) is 5.22. The molecule has 0 spiro atoms. The third kappa shape index (κ3) is 5.50. The van der Waals surface area contributed by atoms with E-state index < -0.39 is 0 Å². The lowest BCUT2D eigenvalue weighted by Gasteiger charge is -2.10. The number of carbonyl (C=O) groups excluding carboxylic acids is 1. The Morgan fingerprint density at radius 2 is 1.67 bits per heavy atom. The molecule has 5 heteroatoms. The zero-order valence-electron chi connectivity index (χ0n) is 14.1. The Morgan fingerprint density at radius 1 is 0.958 bits per heavy atom. The molecule has 0 aliphatic rings. The number of methoxy groups -OCH3 is 2. The Balaban J connectivity index is 1.66. The summed E-state index contributed by atoms with van der Waals surface area (Å²) in [5.41, 5.74) is 0.961. The van der Waals surface area contributed by atoms with Crippen LogP contribution in [-0.4, -0.2) is 26.7 Å². The summed E-state index contributed by atoms with van der Waals surface area (Å²) in [5, 5.41) is 2.90. The number of nitrogens with one attached hydrogen (secondary N) is 1. The van der Waals surface area contributed by atoms with Crippen LogP contribution in [0.3, 0.4) is 0 Å². The van der Waals surface area contributed by atoms with Crippen molar-refractivity contribution in [2.24, 2.45) is 0 Å². The Morgan fingerprint density at radius 3 is 2.38 bits per heavy atom. The number of benzene rings is 2. The predicted molar refractivity (Wildman–Crippen MR) is 92.6 cm³/mol. The van der Waals surface area contributed by atoms with Gasteiger partial charge in [-0.05, 0) is 36.8 Å². The van der Waals surface area contributed by atoms with Gasteiger partial charge in [0.15, 0.2) is 0 Å². The molecule has 0 aromatic heterocycles. The van der Waals surface area contributed by atoms with Crippen molar-refractivity contribution in [3.63, 3.8) is 0 Å². The molecular weight excluding hydrogens is 306 g/mol. The van der Waals surface area contributed by atoms with E-state index in [2.05, 4.69) is 5.32 Å². The van der Waals surface area contributed by atoms with Gasteiger partial charge >= 0.3 is 0 Å². The lowest BCUT2D eigenvalue weighted by atomic mass is 10.2. The number of carbonyl (C=O) groups is 1. The third-order valence-corrected chi connectivity index (χ3v) is 3.54. The molecular formula is C19H23NO4. The van der Waals surface area contributed by atoms with Crippen LogP contribution >= 0.6 is 0 Å². The molecule has 0 radical (unpaired) electrons. The molecule has 0 aliphatic heterocycles. The van der Waals surface area contributed by atoms with Crippen molar-refractivity contribution in [3.8, 4) is 17.2 Å². The highest BCUT2D eigenvalue weighted by molar-refractivity contribution is 5.75. The number of para-hydroxylation sites is 1. The van der Waals surface area contributed by atoms with Gasteiger partial charge in [-0.1, -0.05) is 18.2 Å². The van der Waals surface area contributed by atoms with Crippen molar-refractivity contribution < 1.29 is 19.0 Å². The maximum absolute atomic E-state index is 11.9. The van der Waals surface area contributed by atoms with E-state index in [0.29, 0.717) is 26.0 Å². The molecule has 0 saturated heterocycles. The normalized spacial score (nSPS) is 10.1. The smallest absolute Gasteiger partial charge is 0.220 e. The van der Waals surface area contributed by atoms with Gasteiger partial charge in [-0.2, -0.15) is 0 Å². The summed E-state index contributed by atoms with van der Waals surface area (Å²) in [4.78, 5) is 11.9. The molecule has 24 heavy (non-hydrogen) atoms. The SMILES string of the molecule is COc1ccc(OCCCC(=O)NCc2ccccc2OC)cc1. The van der Waals surface area contributed by atoms with E-state index in [1.54, 1.807) is 14.2 Å². The standard InChI is InChI=1S/C19H23NO4/c1-22-16-9-11-17(12-10-16)24-13-5-8-19(21)20-14-15-6-3-4-7-18(15)23-2/h3-4,6-7,9-12H,5,8,13-14H2,1-2H3,(H,20,21). The Kier molecular flexibility index (Phi) is 6.95. The molecule has 0 atom stereocenters. The van der Waals surface area contributed by atoms with Crippen LogP contribution in [0, 0.1) is 0 Å². The Labute approximate surface area is 142 Å². The summed E-state index contributed by atoms with van der Waals surface area (Å²) in [5.74, 6) is 2.34. The average molecular weight is 329 g/mol. The molecule has 0 aliphatic carbocycles. The number of hydrogen-bond donors (Lipinski definition) is 1. The summed E-state index contributed by atoms with van der Waals surface area (Å²) >= 11 is 0. The lowest BCUT2D eigenvalue weighted by molar-refractivity contribution is -0.121. The van der Waals surface area contributed by atoms with Gasteiger partial charge in [0.2, 0.25) is 5.91 Å². The number of rotatable bonds is 9. The van der Waals surface area contributed by atoms with Gasteiger partial charge in [-0.15, -0.1) is 0 Å². The van der Waals surface area contributed by atoms with E-state index in [4.69, 9.17) is 14.2 Å². The molecule has 0 fully saturated rings. The predicted octanol–water partition coefficient (Wildman–Crippen LogP) is 3.18. The first-order chi connectivity index (χ1) is 11.7. The van der Waals surface area contributed by atoms with Gasteiger partial charge in [-0.3, -0.25) is 4.79 Å². The van der Waals surface area contributed by atoms with Gasteiger partial charge in [0.05, 0.1) is 20.8 Å². The Hall–Kier alpha value is -2.69. The van der Waals surface area contributed by atoms with E-state index in [1.807, 2.05) is 48.5 Å². The van der Waals surface area contributed by atoms with E-state index in [0.717, 1.165) is 22.8 Å². The van der Waals surface area contributed by atoms with Gasteiger partial charge in [-0.25, -0.2) is 0 Å². The van der Waals surface area contributed by atoms with Crippen LogP contribution in [0.15, 0.2) is 48.5 Å². The summed E-state index contributed by atoms with van der Waals surface area (Å²) in [6, 6.07) is 15.0. The van der Waals surface area contributed by atoms with Gasteiger partial charge in [0.1, 0.15) is 17.2 Å². The largest absolute Gasteiger partial charge is 0.497 e. The monoisotopic (exact) mass is 329 g/mol. The van der Waals surface area contributed by atoms with E-state index in [1.165, 1.54) is 0 Å². The van der Waals surface area contributed by atoms with Crippen molar-refractivity contribution in [2.75, 3.05) is 20.8 Å². The van der Waals surface area contributed by atoms with E-state index in [9.17, 15) is 4.79 Å². The molecule has 1 N–H and O–H groups in total. The molecule has 2 aromatic rings. The van der Waals surface area contributed by atoms with Crippen LogP contribution in [0.5, 0.6) is 17.2 Å². The molecule has 0 saturated carbocycles. The number of amides is 1. The van der Waals surface area contributed by atoms with Crippen LogP contribution in [0.2, 0.25) is 0 Å². The van der Waals surface area contributed by atoms with Crippen molar-refractivity contribution in [1.29, 1.82) is 0 Å². The zero-order chi connectivity index (χ0) is 17.2. The quantitative estimate of drug-likeness (QED) is 0.718. The molecule has 2 aromatic carbocycles. The third-order valence-electron chi connectivity index (χ3n) is 3.54. The summed E-state index contributed by atoms with van der Waals surface area (Å²) in [6.07, 6.45) is 1.08. The minimum absolute atomic E-state index is 0.000706. The molecule has 2 rings (SSSR count). The van der Waals surface area contributed by atoms with Crippen molar-refractivity contribution in [3.05, 3.63) is 54.1 Å². The van der Waals surface area contributed by atoms with Crippen LogP contribution in [0.1, 0.15) is 18.4 Å². The number of hydrogen-bond acceptors (Lipinski definition) is 4. The molecule has 0 unspecified atom stereocenters. The lowest BCUT2D eigenvalue weighted by Crippen LogP contribution is -2.23. The van der Waals surface area contributed by atoms with Crippen LogP contribution in [-0.2, 0) is 11.3 Å². The first-order valence-electron chi connectivity index (χ1n) is 7.88. The zero-order valence-corrected chi connectivity index (χ0v) is 14.1. The second-order valence-electron chi connectivity index (χ2n) is 5.22. The van der Waals surface area contributed by atoms with Crippen LogP contribution in [0.4, 0.5) is 0 Å². The molecule has 0 heterocycles. The summed E-state index contributed by atoms with van der Waals surface area (Å²) in [6.45, 7) is 0.955. The highest BCUT2D eigenvalue weighted by atomic mass is 16.5. The van der Waals surface area contributed by atoms with E-state index >= 15 is 0 Å². The number of ether oxygens (including phenoxy) is 3. The molecule has 0 bridgehead atoms. The highest BCUT2D eigenvalue weighted by Crippen LogP contribution is 2.18. The van der Waals surface area contributed by atoms with Gasteiger partial charge in [0, 0.05) is 18.5 Å². The van der Waals surface area contributed by atoms with Crippen LogP contribution < -0.4 is 19.5 Å².